The SMILES string of the molecule is CCc1c(C(=O)O)ccc(-c2cc(C(=O)c3c(F)cccc3F)n3ccccc23)c1F. The summed E-state index contributed by atoms with van der Waals surface area (Å²) in [5, 5.41) is 9.32. The highest BCUT2D eigenvalue weighted by Crippen LogP contribution is 2.34. The van der Waals surface area contributed by atoms with Gasteiger partial charge in [0.15, 0.2) is 0 Å². The third-order valence-corrected chi connectivity index (χ3v) is 5.22. The zero-order chi connectivity index (χ0) is 22.3. The van der Waals surface area contributed by atoms with Crippen molar-refractivity contribution in [2.45, 2.75) is 13.3 Å². The van der Waals surface area contributed by atoms with Gasteiger partial charge in [-0.3, -0.25) is 4.79 Å². The fourth-order valence-electron chi connectivity index (χ4n) is 3.76. The molecule has 4 aromatic rings. The lowest BCUT2D eigenvalue weighted by Gasteiger charge is -2.10. The van der Waals surface area contributed by atoms with E-state index in [2.05, 4.69) is 0 Å². The van der Waals surface area contributed by atoms with E-state index < -0.39 is 34.8 Å². The number of carboxylic acids is 1. The van der Waals surface area contributed by atoms with E-state index in [4.69, 9.17) is 0 Å². The molecule has 2 aromatic heterocycles. The normalized spacial score (nSPS) is 11.1. The van der Waals surface area contributed by atoms with Crippen molar-refractivity contribution in [2.75, 3.05) is 0 Å². The van der Waals surface area contributed by atoms with Gasteiger partial charge in [-0.15, -0.1) is 0 Å². The van der Waals surface area contributed by atoms with Crippen molar-refractivity contribution in [3.63, 3.8) is 0 Å². The Labute approximate surface area is 175 Å². The maximum atomic E-state index is 15.3. The molecule has 0 bridgehead atoms. The van der Waals surface area contributed by atoms with Gasteiger partial charge >= 0.3 is 5.97 Å². The lowest BCUT2D eigenvalue weighted by Crippen LogP contribution is -2.09. The summed E-state index contributed by atoms with van der Waals surface area (Å²) in [6.45, 7) is 1.64. The average molecular weight is 423 g/mol. The fraction of sp³-hybridized carbons (Fsp3) is 0.0833. The van der Waals surface area contributed by atoms with Gasteiger partial charge < -0.3 is 9.51 Å². The van der Waals surface area contributed by atoms with E-state index in [1.807, 2.05) is 0 Å². The number of carbonyl (C=O) groups is 2. The molecule has 4 rings (SSSR count). The van der Waals surface area contributed by atoms with Crippen LogP contribution in [0.15, 0.2) is 60.8 Å². The highest BCUT2D eigenvalue weighted by atomic mass is 19.1. The third-order valence-electron chi connectivity index (χ3n) is 5.22. The number of pyridine rings is 1. The monoisotopic (exact) mass is 423 g/mol. The van der Waals surface area contributed by atoms with Crippen LogP contribution in [0, 0.1) is 17.5 Å². The molecule has 0 radical (unpaired) electrons. The van der Waals surface area contributed by atoms with E-state index in [9.17, 15) is 23.5 Å². The number of hydrogen-bond donors (Lipinski definition) is 1. The number of carbonyl (C=O) groups excluding carboxylic acids is 1. The van der Waals surface area contributed by atoms with E-state index in [1.165, 1.54) is 28.8 Å². The summed E-state index contributed by atoms with van der Waals surface area (Å²) >= 11 is 0. The number of nitrogens with zero attached hydrogens (tertiary/aromatic N) is 1. The molecule has 0 unspecified atom stereocenters. The van der Waals surface area contributed by atoms with Crippen LogP contribution in [-0.4, -0.2) is 21.3 Å². The molecule has 156 valence electrons. The lowest BCUT2D eigenvalue weighted by atomic mass is 9.96. The summed E-state index contributed by atoms with van der Waals surface area (Å²) in [5.74, 6) is -4.84. The highest BCUT2D eigenvalue weighted by molar-refractivity contribution is 6.10. The molecule has 2 heterocycles. The minimum Gasteiger partial charge on any atom is -0.478 e. The van der Waals surface area contributed by atoms with Crippen LogP contribution in [-0.2, 0) is 6.42 Å². The van der Waals surface area contributed by atoms with Crippen molar-refractivity contribution in [2.24, 2.45) is 0 Å². The Kier molecular flexibility index (Phi) is 5.10. The molecule has 0 aliphatic rings. The first-order valence-corrected chi connectivity index (χ1v) is 9.49. The molecule has 0 saturated carbocycles. The first-order chi connectivity index (χ1) is 14.8. The molecular formula is C24H16F3NO3. The second kappa shape index (κ2) is 7.75. The van der Waals surface area contributed by atoms with Crippen LogP contribution in [0.3, 0.4) is 0 Å². The summed E-state index contributed by atoms with van der Waals surface area (Å²) in [6.07, 6.45) is 1.69. The van der Waals surface area contributed by atoms with Gasteiger partial charge in [-0.1, -0.05) is 25.1 Å². The summed E-state index contributed by atoms with van der Waals surface area (Å²) < 4.78 is 45.1. The first-order valence-electron chi connectivity index (χ1n) is 9.49. The molecule has 0 spiro atoms. The van der Waals surface area contributed by atoms with Crippen molar-refractivity contribution in [3.8, 4) is 11.1 Å². The van der Waals surface area contributed by atoms with Crippen LogP contribution < -0.4 is 0 Å². The van der Waals surface area contributed by atoms with Gasteiger partial charge in [0.05, 0.1) is 22.3 Å². The van der Waals surface area contributed by atoms with Crippen molar-refractivity contribution in [3.05, 3.63) is 101 Å². The number of fused-ring (bicyclic) bond motifs is 1. The number of rotatable bonds is 5. The van der Waals surface area contributed by atoms with E-state index in [-0.39, 0.29) is 28.8 Å². The Morgan fingerprint density at radius 3 is 2.29 bits per heavy atom. The minimum absolute atomic E-state index is 0.0355. The predicted octanol–water partition coefficient (Wildman–Crippen LogP) is 5.52. The van der Waals surface area contributed by atoms with Gasteiger partial charge in [-0.2, -0.15) is 0 Å². The Balaban J connectivity index is 1.97. The lowest BCUT2D eigenvalue weighted by molar-refractivity contribution is 0.0695. The summed E-state index contributed by atoms with van der Waals surface area (Å²) in [7, 11) is 0. The zero-order valence-corrected chi connectivity index (χ0v) is 16.3. The molecule has 1 N–H and O–H groups in total. The molecule has 0 amide bonds. The summed E-state index contributed by atoms with van der Waals surface area (Å²) in [5.41, 5.74) is -0.0111. The van der Waals surface area contributed by atoms with Crippen molar-refractivity contribution in [1.82, 2.24) is 4.40 Å². The van der Waals surface area contributed by atoms with E-state index in [1.54, 1.807) is 25.1 Å². The standard InChI is InChI=1S/C24H16F3NO3/c1-2-13-15(24(30)31)10-9-14(22(13)27)16-12-20(28-11-4-3-8-19(16)28)23(29)21-17(25)6-5-7-18(21)26/h3-12H,2H2,1H3,(H,30,31). The molecule has 2 aromatic carbocycles. The Hall–Kier alpha value is -3.87. The highest BCUT2D eigenvalue weighted by Gasteiger charge is 2.25. The number of carboxylic acid groups (broad SMARTS) is 1. The number of halogens is 3. The van der Waals surface area contributed by atoms with E-state index >= 15 is 4.39 Å². The topological polar surface area (TPSA) is 58.8 Å². The Morgan fingerprint density at radius 1 is 0.935 bits per heavy atom. The van der Waals surface area contributed by atoms with Crippen molar-refractivity contribution >= 4 is 17.3 Å². The molecule has 0 aliphatic carbocycles. The molecule has 0 saturated heterocycles. The second-order valence-electron chi connectivity index (χ2n) is 6.94. The van der Waals surface area contributed by atoms with Gasteiger partial charge in [-0.25, -0.2) is 18.0 Å². The van der Waals surface area contributed by atoms with Crippen molar-refractivity contribution in [1.29, 1.82) is 0 Å². The van der Waals surface area contributed by atoms with Gasteiger partial charge in [0.25, 0.3) is 0 Å². The first kappa shape index (κ1) is 20.4. The van der Waals surface area contributed by atoms with Crippen LogP contribution in [0.5, 0.6) is 0 Å². The maximum absolute atomic E-state index is 15.3. The molecule has 0 aliphatic heterocycles. The molecule has 4 nitrogen and oxygen atoms in total. The van der Waals surface area contributed by atoms with Crippen molar-refractivity contribution < 1.29 is 27.9 Å². The van der Waals surface area contributed by atoms with Crippen LogP contribution in [0.4, 0.5) is 13.2 Å². The second-order valence-corrected chi connectivity index (χ2v) is 6.94. The van der Waals surface area contributed by atoms with Gasteiger partial charge in [0, 0.05) is 22.9 Å². The summed E-state index contributed by atoms with van der Waals surface area (Å²) in [4.78, 5) is 24.4. The van der Waals surface area contributed by atoms with Crippen LogP contribution in [0.1, 0.15) is 38.9 Å². The minimum atomic E-state index is -1.24. The van der Waals surface area contributed by atoms with Gasteiger partial charge in [0.1, 0.15) is 17.5 Å². The van der Waals surface area contributed by atoms with Crippen LogP contribution in [0.25, 0.3) is 16.6 Å². The largest absolute Gasteiger partial charge is 0.478 e. The number of ketones is 1. The van der Waals surface area contributed by atoms with E-state index in [0.717, 1.165) is 18.2 Å². The maximum Gasteiger partial charge on any atom is 0.336 e. The van der Waals surface area contributed by atoms with Gasteiger partial charge in [0.2, 0.25) is 5.78 Å². The quantitative estimate of drug-likeness (QED) is 0.431. The third kappa shape index (κ3) is 3.28. The van der Waals surface area contributed by atoms with Crippen LogP contribution >= 0.6 is 0 Å². The smallest absolute Gasteiger partial charge is 0.336 e. The van der Waals surface area contributed by atoms with Gasteiger partial charge in [-0.05, 0) is 42.8 Å². The fourth-order valence-corrected chi connectivity index (χ4v) is 3.76. The zero-order valence-electron chi connectivity index (χ0n) is 16.3. The Bertz CT molecular complexity index is 1340. The molecule has 0 fully saturated rings. The number of aromatic nitrogens is 1. The number of aromatic carboxylic acids is 1. The predicted molar refractivity (Wildman–Crippen MR) is 109 cm³/mol. The van der Waals surface area contributed by atoms with E-state index in [0.29, 0.717) is 11.1 Å². The molecule has 0 atom stereocenters. The molecular weight excluding hydrogens is 407 g/mol. The molecule has 31 heavy (non-hydrogen) atoms. The summed E-state index contributed by atoms with van der Waals surface area (Å²) in [6, 6.07) is 12.1. The number of benzene rings is 2. The van der Waals surface area contributed by atoms with Crippen LogP contribution in [0.2, 0.25) is 0 Å². The molecule has 7 heteroatoms. The Morgan fingerprint density at radius 2 is 1.65 bits per heavy atom. The number of hydrogen-bond acceptors (Lipinski definition) is 2. The average Bonchev–Trinajstić information content (AvgIpc) is 3.12.